The average molecular weight is 416 g/mol. The van der Waals surface area contributed by atoms with Gasteiger partial charge in [0.15, 0.2) is 6.10 Å². The van der Waals surface area contributed by atoms with E-state index >= 15 is 0 Å². The summed E-state index contributed by atoms with van der Waals surface area (Å²) in [5.74, 6) is 1.34. The first kappa shape index (κ1) is 20.9. The van der Waals surface area contributed by atoms with Crippen molar-refractivity contribution in [3.63, 3.8) is 0 Å². The molecule has 26 heavy (non-hydrogen) atoms. The van der Waals surface area contributed by atoms with Crippen LogP contribution in [0.3, 0.4) is 0 Å². The van der Waals surface area contributed by atoms with Crippen LogP contribution >= 0.6 is 35.0 Å². The molecule has 0 bridgehead atoms. The molecule has 2 rings (SSSR count). The van der Waals surface area contributed by atoms with Crippen molar-refractivity contribution in [3.8, 4) is 5.75 Å². The van der Waals surface area contributed by atoms with Crippen molar-refractivity contribution in [2.45, 2.75) is 25.2 Å². The molecule has 0 fully saturated rings. The van der Waals surface area contributed by atoms with E-state index < -0.39 is 6.10 Å². The van der Waals surface area contributed by atoms with Crippen LogP contribution in [0.2, 0.25) is 10.0 Å². The normalized spacial score (nSPS) is 11.8. The summed E-state index contributed by atoms with van der Waals surface area (Å²) in [5.41, 5.74) is 0.901. The Hall–Kier alpha value is -1.43. The number of ether oxygens (including phenoxy) is 1. The Balaban J connectivity index is 1.73. The second-order valence-electron chi connectivity index (χ2n) is 5.51. The van der Waals surface area contributed by atoms with Gasteiger partial charge >= 0.3 is 0 Å². The van der Waals surface area contributed by atoms with Crippen LogP contribution in [-0.2, 0) is 10.5 Å². The van der Waals surface area contributed by atoms with Crippen molar-refractivity contribution in [2.24, 2.45) is 0 Å². The average Bonchev–Trinajstić information content (AvgIpc) is 2.63. The lowest BCUT2D eigenvalue weighted by Crippen LogP contribution is -2.39. The molecule has 1 amide bonds. The molecule has 0 radical (unpaired) electrons. The third-order valence-electron chi connectivity index (χ3n) is 3.61. The number of hydrogen-bond acceptors (Lipinski definition) is 3. The molecule has 7 heteroatoms. The van der Waals surface area contributed by atoms with Crippen LogP contribution in [-0.4, -0.2) is 24.3 Å². The maximum atomic E-state index is 12.9. The highest BCUT2D eigenvalue weighted by atomic mass is 35.5. The van der Waals surface area contributed by atoms with Gasteiger partial charge in [0.25, 0.3) is 5.91 Å². The van der Waals surface area contributed by atoms with Gasteiger partial charge in [0.2, 0.25) is 0 Å². The maximum Gasteiger partial charge on any atom is 0.261 e. The van der Waals surface area contributed by atoms with Gasteiger partial charge < -0.3 is 10.1 Å². The fourth-order valence-electron chi connectivity index (χ4n) is 2.20. The number of carbonyl (C=O) groups is 1. The van der Waals surface area contributed by atoms with Crippen molar-refractivity contribution in [2.75, 3.05) is 12.3 Å². The smallest absolute Gasteiger partial charge is 0.261 e. The molecule has 140 valence electrons. The van der Waals surface area contributed by atoms with Gasteiger partial charge in [-0.3, -0.25) is 4.79 Å². The second-order valence-corrected chi connectivity index (χ2v) is 7.43. The van der Waals surface area contributed by atoms with E-state index in [0.29, 0.717) is 34.5 Å². The van der Waals surface area contributed by atoms with Crippen molar-refractivity contribution in [1.29, 1.82) is 0 Å². The zero-order valence-electron chi connectivity index (χ0n) is 14.3. The minimum Gasteiger partial charge on any atom is -0.481 e. The lowest BCUT2D eigenvalue weighted by Gasteiger charge is -2.17. The minimum absolute atomic E-state index is 0.187. The van der Waals surface area contributed by atoms with Crippen LogP contribution in [0.1, 0.15) is 18.9 Å². The molecule has 3 nitrogen and oxygen atoms in total. The molecule has 0 aliphatic heterocycles. The quantitative estimate of drug-likeness (QED) is 0.561. The summed E-state index contributed by atoms with van der Waals surface area (Å²) in [5, 5.41) is 4.15. The zero-order valence-corrected chi connectivity index (χ0v) is 16.6. The topological polar surface area (TPSA) is 38.3 Å². The van der Waals surface area contributed by atoms with Crippen molar-refractivity contribution in [1.82, 2.24) is 5.32 Å². The van der Waals surface area contributed by atoms with Crippen LogP contribution in [0, 0.1) is 5.82 Å². The Bertz CT molecular complexity index is 708. The van der Waals surface area contributed by atoms with Gasteiger partial charge in [-0.1, -0.05) is 36.2 Å². The number of hydrogen-bond donors (Lipinski definition) is 1. The van der Waals surface area contributed by atoms with Crippen LogP contribution in [0.4, 0.5) is 4.39 Å². The van der Waals surface area contributed by atoms with E-state index in [1.54, 1.807) is 11.8 Å². The van der Waals surface area contributed by atoms with E-state index in [0.717, 1.165) is 11.3 Å². The fraction of sp³-hybridized carbons (Fsp3) is 0.316. The standard InChI is InChI=1S/C19H20Cl2FNO2S/c1-2-18(25-14-8-6-13(22)7-9-14)19(24)23-10-11-26-12-15-16(20)4-3-5-17(15)21/h3-9,18H,2,10-12H2,1H3,(H,23,24)/t18-/m0/s1. The third-order valence-corrected chi connectivity index (χ3v) is 5.30. The Morgan fingerprint density at radius 2 is 1.85 bits per heavy atom. The molecule has 0 aliphatic carbocycles. The molecule has 1 N–H and O–H groups in total. The molecule has 0 aromatic heterocycles. The molecule has 0 unspecified atom stereocenters. The lowest BCUT2D eigenvalue weighted by molar-refractivity contribution is -0.127. The Labute approximate surface area is 167 Å². The lowest BCUT2D eigenvalue weighted by atomic mass is 10.2. The molecular formula is C19H20Cl2FNO2S. The first-order valence-corrected chi connectivity index (χ1v) is 10.1. The van der Waals surface area contributed by atoms with Crippen LogP contribution < -0.4 is 10.1 Å². The SMILES string of the molecule is CC[C@H](Oc1ccc(F)cc1)C(=O)NCCSCc1c(Cl)cccc1Cl. The Kier molecular flexibility index (Phi) is 8.55. The van der Waals surface area contributed by atoms with Crippen molar-refractivity contribution >= 4 is 40.9 Å². The first-order chi connectivity index (χ1) is 12.5. The van der Waals surface area contributed by atoms with Crippen molar-refractivity contribution in [3.05, 3.63) is 63.9 Å². The summed E-state index contributed by atoms with van der Waals surface area (Å²) in [6, 6.07) is 11.0. The number of benzene rings is 2. The van der Waals surface area contributed by atoms with E-state index in [-0.39, 0.29) is 11.7 Å². The van der Waals surface area contributed by atoms with Gasteiger partial charge in [-0.2, -0.15) is 11.8 Å². The number of halogens is 3. The summed E-state index contributed by atoms with van der Waals surface area (Å²) in [6.45, 7) is 2.37. The maximum absolute atomic E-state index is 12.9. The van der Waals surface area contributed by atoms with Crippen molar-refractivity contribution < 1.29 is 13.9 Å². The molecule has 0 aliphatic rings. The summed E-state index contributed by atoms with van der Waals surface area (Å²) in [4.78, 5) is 12.2. The Morgan fingerprint density at radius 3 is 2.46 bits per heavy atom. The monoisotopic (exact) mass is 415 g/mol. The van der Waals surface area contributed by atoms with E-state index in [1.165, 1.54) is 24.3 Å². The highest BCUT2D eigenvalue weighted by molar-refractivity contribution is 7.98. The van der Waals surface area contributed by atoms with Gasteiger partial charge in [0.1, 0.15) is 11.6 Å². The first-order valence-electron chi connectivity index (χ1n) is 8.21. The van der Waals surface area contributed by atoms with E-state index in [4.69, 9.17) is 27.9 Å². The molecule has 2 aromatic rings. The fourth-order valence-corrected chi connectivity index (χ4v) is 3.80. The Morgan fingerprint density at radius 1 is 1.19 bits per heavy atom. The molecule has 0 heterocycles. The predicted molar refractivity (Wildman–Crippen MR) is 107 cm³/mol. The zero-order chi connectivity index (χ0) is 18.9. The van der Waals surface area contributed by atoms with Gasteiger partial charge in [0.05, 0.1) is 0 Å². The van der Waals surface area contributed by atoms with E-state index in [9.17, 15) is 9.18 Å². The number of amides is 1. The van der Waals surface area contributed by atoms with Crippen LogP contribution in [0.25, 0.3) is 0 Å². The van der Waals surface area contributed by atoms with Gasteiger partial charge in [-0.05, 0) is 48.4 Å². The molecule has 2 aromatic carbocycles. The van der Waals surface area contributed by atoms with Crippen LogP contribution in [0.15, 0.2) is 42.5 Å². The third kappa shape index (κ3) is 6.38. The summed E-state index contributed by atoms with van der Waals surface area (Å²) >= 11 is 13.9. The van der Waals surface area contributed by atoms with Crippen LogP contribution in [0.5, 0.6) is 5.75 Å². The molecule has 1 atom stereocenters. The van der Waals surface area contributed by atoms with Gasteiger partial charge in [-0.15, -0.1) is 0 Å². The highest BCUT2D eigenvalue weighted by Gasteiger charge is 2.17. The summed E-state index contributed by atoms with van der Waals surface area (Å²) < 4.78 is 18.5. The number of thioether (sulfide) groups is 1. The number of rotatable bonds is 9. The van der Waals surface area contributed by atoms with E-state index in [2.05, 4.69) is 5.32 Å². The van der Waals surface area contributed by atoms with Gasteiger partial charge in [-0.25, -0.2) is 4.39 Å². The molecule has 0 saturated carbocycles. The molecule has 0 saturated heterocycles. The van der Waals surface area contributed by atoms with E-state index in [1.807, 2.05) is 25.1 Å². The summed E-state index contributed by atoms with van der Waals surface area (Å²) in [6.07, 6.45) is -0.0885. The largest absolute Gasteiger partial charge is 0.481 e. The molecule has 0 spiro atoms. The number of nitrogens with one attached hydrogen (secondary N) is 1. The highest BCUT2D eigenvalue weighted by Crippen LogP contribution is 2.28. The number of carbonyl (C=O) groups excluding carboxylic acids is 1. The molecular weight excluding hydrogens is 396 g/mol. The van der Waals surface area contributed by atoms with Gasteiger partial charge in [0, 0.05) is 28.1 Å². The predicted octanol–water partition coefficient (Wildman–Crippen LogP) is 5.34. The summed E-state index contributed by atoms with van der Waals surface area (Å²) in [7, 11) is 0. The minimum atomic E-state index is -0.608. The second kappa shape index (κ2) is 10.7.